The standard InChI is InChI=1S/C25H23N3O3/c26-24(29)16-31-23-13-7-5-11-19(23)25(30)28-14-20(17-8-2-1-3-9-17)21-15-27-22-12-6-4-10-18(21)22/h1-13,15,20,27H,14,16H2,(H2,26,29)(H,28,30). The second-order valence-corrected chi connectivity index (χ2v) is 7.21. The van der Waals surface area contributed by atoms with Crippen molar-refractivity contribution in [3.05, 3.63) is 102 Å². The van der Waals surface area contributed by atoms with Gasteiger partial charge in [0.1, 0.15) is 5.75 Å². The van der Waals surface area contributed by atoms with Crippen molar-refractivity contribution in [3.63, 3.8) is 0 Å². The lowest BCUT2D eigenvalue weighted by molar-refractivity contribution is -0.119. The molecule has 0 saturated heterocycles. The molecule has 4 N–H and O–H groups in total. The largest absolute Gasteiger partial charge is 0.483 e. The van der Waals surface area contributed by atoms with Crippen LogP contribution >= 0.6 is 0 Å². The van der Waals surface area contributed by atoms with E-state index in [0.29, 0.717) is 17.9 Å². The monoisotopic (exact) mass is 413 g/mol. The zero-order chi connectivity index (χ0) is 21.6. The van der Waals surface area contributed by atoms with Gasteiger partial charge in [0.25, 0.3) is 11.8 Å². The minimum absolute atomic E-state index is 0.0417. The Hall–Kier alpha value is -4.06. The van der Waals surface area contributed by atoms with Crippen LogP contribution in [0.5, 0.6) is 5.75 Å². The fraction of sp³-hybridized carbons (Fsp3) is 0.120. The Morgan fingerprint density at radius 3 is 2.45 bits per heavy atom. The number of hydrogen-bond acceptors (Lipinski definition) is 3. The molecule has 0 aliphatic rings. The molecule has 0 saturated carbocycles. The summed E-state index contributed by atoms with van der Waals surface area (Å²) in [6, 6.07) is 25.0. The number of aromatic amines is 1. The van der Waals surface area contributed by atoms with Crippen LogP contribution in [0.2, 0.25) is 0 Å². The highest BCUT2D eigenvalue weighted by Gasteiger charge is 2.20. The van der Waals surface area contributed by atoms with Crippen molar-refractivity contribution in [1.82, 2.24) is 10.3 Å². The van der Waals surface area contributed by atoms with Gasteiger partial charge in [-0.1, -0.05) is 60.7 Å². The number of H-pyrrole nitrogens is 1. The normalized spacial score (nSPS) is 11.7. The van der Waals surface area contributed by atoms with E-state index in [0.717, 1.165) is 22.0 Å². The lowest BCUT2D eigenvalue weighted by Gasteiger charge is -2.19. The Balaban J connectivity index is 1.59. The molecule has 0 aliphatic carbocycles. The molecule has 4 rings (SSSR count). The summed E-state index contributed by atoms with van der Waals surface area (Å²) in [5.74, 6) is -0.596. The summed E-state index contributed by atoms with van der Waals surface area (Å²) in [4.78, 5) is 27.3. The number of fused-ring (bicyclic) bond motifs is 1. The van der Waals surface area contributed by atoms with Gasteiger partial charge in [-0.3, -0.25) is 9.59 Å². The first kappa shape index (κ1) is 20.2. The van der Waals surface area contributed by atoms with E-state index in [1.165, 1.54) is 0 Å². The van der Waals surface area contributed by atoms with Gasteiger partial charge in [-0.05, 0) is 29.3 Å². The highest BCUT2D eigenvalue weighted by Crippen LogP contribution is 2.30. The third kappa shape index (κ3) is 4.59. The van der Waals surface area contributed by atoms with Crippen molar-refractivity contribution in [2.75, 3.05) is 13.2 Å². The van der Waals surface area contributed by atoms with Gasteiger partial charge in [-0.15, -0.1) is 0 Å². The van der Waals surface area contributed by atoms with Crippen molar-refractivity contribution in [1.29, 1.82) is 0 Å². The minimum atomic E-state index is -0.598. The summed E-state index contributed by atoms with van der Waals surface area (Å²) >= 11 is 0. The summed E-state index contributed by atoms with van der Waals surface area (Å²) in [6.07, 6.45) is 2.00. The van der Waals surface area contributed by atoms with Crippen molar-refractivity contribution in [3.8, 4) is 5.75 Å². The van der Waals surface area contributed by atoms with Gasteiger partial charge < -0.3 is 20.8 Å². The highest BCUT2D eigenvalue weighted by molar-refractivity contribution is 5.97. The zero-order valence-electron chi connectivity index (χ0n) is 16.9. The molecule has 1 heterocycles. The molecular weight excluding hydrogens is 390 g/mol. The molecule has 0 aliphatic heterocycles. The van der Waals surface area contributed by atoms with E-state index in [-0.39, 0.29) is 18.4 Å². The van der Waals surface area contributed by atoms with E-state index < -0.39 is 5.91 Å². The fourth-order valence-corrected chi connectivity index (χ4v) is 3.69. The molecular formula is C25H23N3O3. The molecule has 1 aromatic heterocycles. The molecule has 0 fully saturated rings. The number of carbonyl (C=O) groups is 2. The SMILES string of the molecule is NC(=O)COc1ccccc1C(=O)NCC(c1ccccc1)c1c[nH]c2ccccc12. The number of nitrogens with one attached hydrogen (secondary N) is 2. The summed E-state index contributed by atoms with van der Waals surface area (Å²) in [5, 5.41) is 4.15. The third-order valence-corrected chi connectivity index (χ3v) is 5.17. The van der Waals surface area contributed by atoms with Gasteiger partial charge >= 0.3 is 0 Å². The molecule has 31 heavy (non-hydrogen) atoms. The van der Waals surface area contributed by atoms with E-state index >= 15 is 0 Å². The van der Waals surface area contributed by atoms with Crippen LogP contribution in [0.4, 0.5) is 0 Å². The quantitative estimate of drug-likeness (QED) is 0.412. The smallest absolute Gasteiger partial charge is 0.255 e. The van der Waals surface area contributed by atoms with Crippen LogP contribution in [0.1, 0.15) is 27.4 Å². The second-order valence-electron chi connectivity index (χ2n) is 7.21. The molecule has 6 nitrogen and oxygen atoms in total. The summed E-state index contributed by atoms with van der Waals surface area (Å²) < 4.78 is 5.40. The van der Waals surface area contributed by atoms with Crippen molar-refractivity contribution >= 4 is 22.7 Å². The summed E-state index contributed by atoms with van der Waals surface area (Å²) in [5.41, 5.74) is 8.78. The first-order valence-corrected chi connectivity index (χ1v) is 10.0. The Labute approximate surface area is 180 Å². The van der Waals surface area contributed by atoms with E-state index in [2.05, 4.69) is 28.5 Å². The maximum atomic E-state index is 13.0. The van der Waals surface area contributed by atoms with Gasteiger partial charge in [0.05, 0.1) is 5.56 Å². The lowest BCUT2D eigenvalue weighted by atomic mass is 9.91. The van der Waals surface area contributed by atoms with Gasteiger partial charge in [0.15, 0.2) is 6.61 Å². The number of nitrogens with two attached hydrogens (primary N) is 1. The summed E-state index contributed by atoms with van der Waals surface area (Å²) in [6.45, 7) is 0.112. The Bertz CT molecular complexity index is 1200. The number of hydrogen-bond donors (Lipinski definition) is 3. The highest BCUT2D eigenvalue weighted by atomic mass is 16.5. The van der Waals surface area contributed by atoms with E-state index in [1.54, 1.807) is 24.3 Å². The Morgan fingerprint density at radius 1 is 0.935 bits per heavy atom. The van der Waals surface area contributed by atoms with Crippen molar-refractivity contribution < 1.29 is 14.3 Å². The van der Waals surface area contributed by atoms with Crippen LogP contribution < -0.4 is 15.8 Å². The van der Waals surface area contributed by atoms with Crippen molar-refractivity contribution in [2.45, 2.75) is 5.92 Å². The average Bonchev–Trinajstić information content (AvgIpc) is 3.22. The number of amides is 2. The minimum Gasteiger partial charge on any atom is -0.483 e. The Morgan fingerprint density at radius 2 is 1.65 bits per heavy atom. The van der Waals surface area contributed by atoms with Gasteiger partial charge in [-0.2, -0.15) is 0 Å². The van der Waals surface area contributed by atoms with Crippen LogP contribution in [-0.4, -0.2) is 29.9 Å². The molecule has 0 spiro atoms. The summed E-state index contributed by atoms with van der Waals surface area (Å²) in [7, 11) is 0. The van der Waals surface area contributed by atoms with Gasteiger partial charge in [-0.25, -0.2) is 0 Å². The van der Waals surface area contributed by atoms with Crippen LogP contribution in [0.25, 0.3) is 10.9 Å². The van der Waals surface area contributed by atoms with Gasteiger partial charge in [0, 0.05) is 29.6 Å². The molecule has 1 atom stereocenters. The van der Waals surface area contributed by atoms with E-state index in [9.17, 15) is 9.59 Å². The van der Waals surface area contributed by atoms with E-state index in [1.807, 2.05) is 42.6 Å². The number of aromatic nitrogens is 1. The number of benzene rings is 3. The first-order valence-electron chi connectivity index (χ1n) is 10.0. The third-order valence-electron chi connectivity index (χ3n) is 5.17. The first-order chi connectivity index (χ1) is 15.1. The molecule has 1 unspecified atom stereocenters. The van der Waals surface area contributed by atoms with E-state index in [4.69, 9.17) is 10.5 Å². The van der Waals surface area contributed by atoms with Crippen LogP contribution in [0.3, 0.4) is 0 Å². The Kier molecular flexibility index (Phi) is 5.98. The number of ether oxygens (including phenoxy) is 1. The average molecular weight is 413 g/mol. The molecule has 156 valence electrons. The van der Waals surface area contributed by atoms with Gasteiger partial charge in [0.2, 0.25) is 0 Å². The van der Waals surface area contributed by atoms with Crippen molar-refractivity contribution in [2.24, 2.45) is 5.73 Å². The number of para-hydroxylation sites is 2. The predicted molar refractivity (Wildman–Crippen MR) is 120 cm³/mol. The topological polar surface area (TPSA) is 97.2 Å². The number of primary amides is 1. The molecule has 2 amide bonds. The maximum Gasteiger partial charge on any atom is 0.255 e. The molecule has 0 radical (unpaired) electrons. The predicted octanol–water partition coefficient (Wildman–Crippen LogP) is 3.59. The molecule has 0 bridgehead atoms. The molecule has 3 aromatic carbocycles. The lowest BCUT2D eigenvalue weighted by Crippen LogP contribution is -2.29. The van der Waals surface area contributed by atoms with Crippen LogP contribution in [0, 0.1) is 0 Å². The van der Waals surface area contributed by atoms with Crippen LogP contribution in [0.15, 0.2) is 85.1 Å². The molecule has 6 heteroatoms. The second kappa shape index (κ2) is 9.17. The fourth-order valence-electron chi connectivity index (χ4n) is 3.69. The zero-order valence-corrected chi connectivity index (χ0v) is 16.9. The molecule has 4 aromatic rings. The maximum absolute atomic E-state index is 13.0. The van der Waals surface area contributed by atoms with Crippen LogP contribution in [-0.2, 0) is 4.79 Å². The number of carbonyl (C=O) groups excluding carboxylic acids is 2. The number of rotatable bonds is 8.